The van der Waals surface area contributed by atoms with Gasteiger partial charge in [-0.3, -0.25) is 4.79 Å². The molecule has 0 spiro atoms. The van der Waals surface area contributed by atoms with Crippen molar-refractivity contribution in [2.45, 2.75) is 63.9 Å². The van der Waals surface area contributed by atoms with Gasteiger partial charge in [-0.1, -0.05) is 12.5 Å². The Balaban J connectivity index is 1.75. The number of nitrogens with zero attached hydrogens (tertiary/aromatic N) is 1. The molecule has 0 amide bonds. The van der Waals surface area contributed by atoms with E-state index in [1.54, 1.807) is 5.57 Å². The molecular weight excluding hydrogens is 274 g/mol. The number of fused-ring (bicyclic) bond motifs is 4. The average molecular weight is 297 g/mol. The molecule has 0 aliphatic heterocycles. The summed E-state index contributed by atoms with van der Waals surface area (Å²) in [5, 5.41) is 20.3. The van der Waals surface area contributed by atoms with Gasteiger partial charge in [0.2, 0.25) is 0 Å². The third-order valence-corrected chi connectivity index (χ3v) is 7.07. The highest BCUT2D eigenvalue weighted by Gasteiger charge is 2.61. The Hall–Kier alpha value is -1.40. The molecule has 4 aliphatic rings. The summed E-state index contributed by atoms with van der Waals surface area (Å²) < 4.78 is 0. The van der Waals surface area contributed by atoms with Crippen molar-refractivity contribution in [2.24, 2.45) is 17.3 Å². The van der Waals surface area contributed by atoms with E-state index >= 15 is 0 Å². The van der Waals surface area contributed by atoms with Crippen molar-refractivity contribution in [3.8, 4) is 6.07 Å². The highest BCUT2D eigenvalue weighted by atomic mass is 16.3. The number of aliphatic hydroxyl groups is 1. The number of hydrogen-bond acceptors (Lipinski definition) is 3. The minimum absolute atomic E-state index is 0.262. The molecule has 1 N–H and O–H groups in total. The second-order valence-electron chi connectivity index (χ2n) is 7.82. The maximum absolute atomic E-state index is 11.7. The highest BCUT2D eigenvalue weighted by Crippen LogP contribution is 2.63. The predicted molar refractivity (Wildman–Crippen MR) is 82.7 cm³/mol. The van der Waals surface area contributed by atoms with Crippen LogP contribution in [-0.4, -0.2) is 16.5 Å². The highest BCUT2D eigenvalue weighted by molar-refractivity contribution is 5.93. The third kappa shape index (κ3) is 1.68. The topological polar surface area (TPSA) is 61.1 Å². The van der Waals surface area contributed by atoms with Crippen molar-refractivity contribution in [1.82, 2.24) is 0 Å². The van der Waals surface area contributed by atoms with Gasteiger partial charge < -0.3 is 5.11 Å². The van der Waals surface area contributed by atoms with E-state index in [0.717, 1.165) is 38.5 Å². The number of rotatable bonds is 0. The monoisotopic (exact) mass is 297 g/mol. The van der Waals surface area contributed by atoms with Crippen LogP contribution in [0.1, 0.15) is 58.3 Å². The lowest BCUT2D eigenvalue weighted by Crippen LogP contribution is -2.48. The Morgan fingerprint density at radius 2 is 2.05 bits per heavy atom. The second-order valence-corrected chi connectivity index (χ2v) is 7.82. The van der Waals surface area contributed by atoms with Crippen molar-refractivity contribution in [2.75, 3.05) is 0 Å². The van der Waals surface area contributed by atoms with Crippen molar-refractivity contribution in [1.29, 1.82) is 5.26 Å². The van der Waals surface area contributed by atoms with Gasteiger partial charge in [-0.15, -0.1) is 0 Å². The van der Waals surface area contributed by atoms with E-state index in [9.17, 15) is 15.2 Å². The number of hydrogen-bond donors (Lipinski definition) is 1. The van der Waals surface area contributed by atoms with Crippen LogP contribution in [0.3, 0.4) is 0 Å². The van der Waals surface area contributed by atoms with Gasteiger partial charge >= 0.3 is 0 Å². The molecule has 0 heterocycles. The Labute approximate surface area is 131 Å². The van der Waals surface area contributed by atoms with Gasteiger partial charge in [0.1, 0.15) is 0 Å². The first-order valence-corrected chi connectivity index (χ1v) is 8.58. The molecule has 0 aromatic heterocycles. The number of allylic oxidation sites excluding steroid dienone is 4. The van der Waals surface area contributed by atoms with E-state index in [2.05, 4.69) is 13.0 Å². The summed E-state index contributed by atoms with van der Waals surface area (Å²) in [5.41, 5.74) is 2.87. The van der Waals surface area contributed by atoms with Gasteiger partial charge in [0.05, 0.1) is 6.07 Å². The van der Waals surface area contributed by atoms with Gasteiger partial charge in [0, 0.05) is 11.8 Å². The molecule has 0 unspecified atom stereocenters. The first-order valence-electron chi connectivity index (χ1n) is 8.58. The Kier molecular flexibility index (Phi) is 2.94. The van der Waals surface area contributed by atoms with Crippen LogP contribution >= 0.6 is 0 Å². The molecule has 4 rings (SSSR count). The van der Waals surface area contributed by atoms with Crippen LogP contribution in [0.25, 0.3) is 0 Å². The van der Waals surface area contributed by atoms with Crippen LogP contribution in [0.5, 0.6) is 0 Å². The summed E-state index contributed by atoms with van der Waals surface area (Å²) >= 11 is 0. The van der Waals surface area contributed by atoms with Gasteiger partial charge in [-0.25, -0.2) is 0 Å². The smallest absolute Gasteiger partial charge is 0.156 e. The predicted octanol–water partition coefficient (Wildman–Crippen LogP) is 3.45. The van der Waals surface area contributed by atoms with Crippen LogP contribution in [0, 0.1) is 28.6 Å². The number of nitriles is 1. The van der Waals surface area contributed by atoms with E-state index < -0.39 is 5.60 Å². The minimum atomic E-state index is -1.15. The normalized spacial score (nSPS) is 43.9. The quantitative estimate of drug-likeness (QED) is 0.697. The zero-order valence-corrected chi connectivity index (χ0v) is 13.2. The van der Waals surface area contributed by atoms with E-state index in [1.807, 2.05) is 6.08 Å². The average Bonchev–Trinajstić information content (AvgIpc) is 2.79. The lowest BCUT2D eigenvalue weighted by Gasteiger charge is -2.49. The van der Waals surface area contributed by atoms with E-state index in [-0.39, 0.29) is 11.2 Å². The van der Waals surface area contributed by atoms with Crippen LogP contribution in [-0.2, 0) is 4.79 Å². The molecular formula is C19H23NO2. The maximum atomic E-state index is 11.7. The molecule has 0 aromatic rings. The van der Waals surface area contributed by atoms with E-state index in [1.165, 1.54) is 11.1 Å². The second kappa shape index (κ2) is 4.55. The van der Waals surface area contributed by atoms with Crippen molar-refractivity contribution in [3.63, 3.8) is 0 Å². The van der Waals surface area contributed by atoms with E-state index in [4.69, 9.17) is 0 Å². The molecule has 116 valence electrons. The lowest BCUT2D eigenvalue weighted by atomic mass is 9.55. The Morgan fingerprint density at radius 1 is 1.23 bits per heavy atom. The first-order chi connectivity index (χ1) is 10.5. The molecule has 0 aromatic carbocycles. The number of carbonyl (C=O) groups is 1. The standard InChI is InChI=1S/C19H23NO2/c1-18-8-6-15-14-5-3-13(21)10-12(14)2-4-16(15)17(18)7-9-19(18,22)11-20/h10,16-17,22H,2-9H2,1H3/t16-,17+,18+,19-/m1/s1. The largest absolute Gasteiger partial charge is 0.375 e. The SMILES string of the molecule is C[C@]12CCC3=C4CCC(=O)C=C4CC[C@H]3[C@@H]1CC[C@@]2(O)C#N. The summed E-state index contributed by atoms with van der Waals surface area (Å²) in [6.07, 6.45) is 8.97. The zero-order chi connectivity index (χ0) is 15.5. The molecule has 2 saturated carbocycles. The molecule has 3 heteroatoms. The Morgan fingerprint density at radius 3 is 2.82 bits per heavy atom. The molecule has 22 heavy (non-hydrogen) atoms. The molecule has 4 aliphatic carbocycles. The third-order valence-electron chi connectivity index (χ3n) is 7.07. The molecule has 0 bridgehead atoms. The van der Waals surface area contributed by atoms with Crippen molar-refractivity contribution >= 4 is 5.78 Å². The van der Waals surface area contributed by atoms with Crippen LogP contribution < -0.4 is 0 Å². The molecule has 2 fully saturated rings. The summed E-state index contributed by atoms with van der Waals surface area (Å²) in [7, 11) is 0. The van der Waals surface area contributed by atoms with Crippen LogP contribution in [0.15, 0.2) is 22.8 Å². The summed E-state index contributed by atoms with van der Waals surface area (Å²) in [6.45, 7) is 2.13. The van der Waals surface area contributed by atoms with Gasteiger partial charge in [-0.05, 0) is 74.0 Å². The summed E-state index contributed by atoms with van der Waals surface area (Å²) in [6, 6.07) is 2.22. The fourth-order valence-electron chi connectivity index (χ4n) is 5.73. The minimum Gasteiger partial charge on any atom is -0.375 e. The lowest BCUT2D eigenvalue weighted by molar-refractivity contribution is -0.114. The molecule has 0 radical (unpaired) electrons. The summed E-state index contributed by atoms with van der Waals surface area (Å²) in [5.74, 6) is 1.22. The van der Waals surface area contributed by atoms with Crippen LogP contribution in [0.2, 0.25) is 0 Å². The van der Waals surface area contributed by atoms with Gasteiger partial charge in [-0.2, -0.15) is 5.26 Å². The van der Waals surface area contributed by atoms with Gasteiger partial charge in [0.25, 0.3) is 0 Å². The number of ketones is 1. The van der Waals surface area contributed by atoms with Crippen LogP contribution in [0.4, 0.5) is 0 Å². The van der Waals surface area contributed by atoms with Crippen molar-refractivity contribution in [3.05, 3.63) is 22.8 Å². The molecule has 3 nitrogen and oxygen atoms in total. The maximum Gasteiger partial charge on any atom is 0.156 e. The fourth-order valence-corrected chi connectivity index (χ4v) is 5.73. The summed E-state index contributed by atoms with van der Waals surface area (Å²) in [4.78, 5) is 11.7. The van der Waals surface area contributed by atoms with Gasteiger partial charge in [0.15, 0.2) is 11.4 Å². The molecule has 4 atom stereocenters. The molecule has 0 saturated heterocycles. The first kappa shape index (κ1) is 14.2. The number of carbonyl (C=O) groups excluding carboxylic acids is 1. The van der Waals surface area contributed by atoms with E-state index in [0.29, 0.717) is 24.7 Å². The zero-order valence-electron chi connectivity index (χ0n) is 13.2. The fraction of sp³-hybridized carbons (Fsp3) is 0.684. The Bertz CT molecular complexity index is 653. The van der Waals surface area contributed by atoms with Crippen molar-refractivity contribution < 1.29 is 9.90 Å².